The van der Waals surface area contributed by atoms with E-state index in [9.17, 15) is 4.79 Å². The first-order valence-electron chi connectivity index (χ1n) is 4.73. The van der Waals surface area contributed by atoms with Crippen LogP contribution in [0.5, 0.6) is 5.75 Å². The molecule has 0 saturated heterocycles. The van der Waals surface area contributed by atoms with E-state index in [0.29, 0.717) is 11.3 Å². The fraction of sp³-hybridized carbons (Fsp3) is 0.0833. The van der Waals surface area contributed by atoms with Crippen LogP contribution in [-0.4, -0.2) is 23.4 Å². The van der Waals surface area contributed by atoms with E-state index in [1.807, 2.05) is 6.07 Å². The van der Waals surface area contributed by atoms with E-state index in [2.05, 4.69) is 9.97 Å². The van der Waals surface area contributed by atoms with Crippen LogP contribution in [0.25, 0.3) is 11.1 Å². The van der Waals surface area contributed by atoms with Crippen LogP contribution < -0.4 is 4.74 Å². The predicted octanol–water partition coefficient (Wildman–Crippen LogP) is 1.96. The number of ether oxygens (including phenoxy) is 1. The van der Waals surface area contributed by atoms with Gasteiger partial charge in [0.25, 0.3) is 0 Å². The molecule has 0 aliphatic carbocycles. The maximum atomic E-state index is 10.9. The predicted molar refractivity (Wildman–Crippen MR) is 59.4 cm³/mol. The molecule has 0 unspecified atom stereocenters. The summed E-state index contributed by atoms with van der Waals surface area (Å²) in [6.45, 7) is 0. The number of rotatable bonds is 3. The number of methoxy groups -OCH3 is 1. The second-order valence-corrected chi connectivity index (χ2v) is 3.20. The lowest BCUT2D eigenvalue weighted by Gasteiger charge is -2.05. The molecule has 0 aliphatic rings. The van der Waals surface area contributed by atoms with Gasteiger partial charge in [0.05, 0.1) is 12.7 Å². The third-order valence-electron chi connectivity index (χ3n) is 2.25. The molecular formula is C12H10N2O2. The number of aldehydes is 1. The smallest absolute Gasteiger partial charge is 0.153 e. The fourth-order valence-electron chi connectivity index (χ4n) is 1.45. The van der Waals surface area contributed by atoms with Crippen molar-refractivity contribution in [3.8, 4) is 16.9 Å². The highest BCUT2D eigenvalue weighted by molar-refractivity contribution is 5.82. The summed E-state index contributed by atoms with van der Waals surface area (Å²) < 4.78 is 5.06. The summed E-state index contributed by atoms with van der Waals surface area (Å²) in [5, 5.41) is 0. The quantitative estimate of drug-likeness (QED) is 0.733. The number of benzene rings is 1. The van der Waals surface area contributed by atoms with E-state index in [-0.39, 0.29) is 0 Å². The Morgan fingerprint density at radius 2 is 1.94 bits per heavy atom. The zero-order valence-corrected chi connectivity index (χ0v) is 8.75. The summed E-state index contributed by atoms with van der Waals surface area (Å²) >= 11 is 0. The van der Waals surface area contributed by atoms with Crippen LogP contribution in [0.15, 0.2) is 36.9 Å². The van der Waals surface area contributed by atoms with E-state index in [4.69, 9.17) is 4.74 Å². The minimum absolute atomic E-state index is 0.517. The summed E-state index contributed by atoms with van der Waals surface area (Å²) in [5.74, 6) is 0.565. The number of hydrogen-bond acceptors (Lipinski definition) is 4. The largest absolute Gasteiger partial charge is 0.496 e. The van der Waals surface area contributed by atoms with Gasteiger partial charge in [-0.2, -0.15) is 0 Å². The van der Waals surface area contributed by atoms with Gasteiger partial charge in [-0.25, -0.2) is 9.97 Å². The molecule has 4 heteroatoms. The molecule has 16 heavy (non-hydrogen) atoms. The first-order valence-corrected chi connectivity index (χ1v) is 4.73. The number of aromatic nitrogens is 2. The second kappa shape index (κ2) is 4.53. The Morgan fingerprint density at radius 1 is 1.19 bits per heavy atom. The summed E-state index contributed by atoms with van der Waals surface area (Å²) in [5.41, 5.74) is 2.28. The number of nitrogens with zero attached hydrogens (tertiary/aromatic N) is 2. The number of carbonyl (C=O) groups is 1. The van der Waals surface area contributed by atoms with Crippen LogP contribution in [0, 0.1) is 0 Å². The van der Waals surface area contributed by atoms with Crippen molar-refractivity contribution in [1.82, 2.24) is 9.97 Å². The molecule has 0 saturated carbocycles. The van der Waals surface area contributed by atoms with Gasteiger partial charge in [0.1, 0.15) is 12.1 Å². The van der Waals surface area contributed by atoms with Crippen molar-refractivity contribution in [2.75, 3.05) is 7.11 Å². The SMILES string of the molecule is COc1ccc(-c2cncnc2)cc1C=O. The average molecular weight is 214 g/mol. The third-order valence-corrected chi connectivity index (χ3v) is 2.25. The van der Waals surface area contributed by atoms with E-state index in [1.54, 1.807) is 24.5 Å². The summed E-state index contributed by atoms with van der Waals surface area (Å²) in [6, 6.07) is 5.38. The molecule has 2 rings (SSSR count). The van der Waals surface area contributed by atoms with Gasteiger partial charge < -0.3 is 4.74 Å². The second-order valence-electron chi connectivity index (χ2n) is 3.20. The highest BCUT2D eigenvalue weighted by atomic mass is 16.5. The maximum Gasteiger partial charge on any atom is 0.153 e. The van der Waals surface area contributed by atoms with Crippen molar-refractivity contribution in [3.05, 3.63) is 42.5 Å². The van der Waals surface area contributed by atoms with Crippen LogP contribution in [0.4, 0.5) is 0 Å². The molecule has 4 nitrogen and oxygen atoms in total. The summed E-state index contributed by atoms with van der Waals surface area (Å²) in [4.78, 5) is 18.7. The van der Waals surface area contributed by atoms with E-state index in [0.717, 1.165) is 17.4 Å². The topological polar surface area (TPSA) is 52.1 Å². The van der Waals surface area contributed by atoms with Crippen molar-refractivity contribution < 1.29 is 9.53 Å². The molecule has 0 N–H and O–H groups in total. The molecule has 0 aliphatic heterocycles. The summed E-state index contributed by atoms with van der Waals surface area (Å²) in [6.07, 6.45) is 5.63. The molecule has 0 fully saturated rings. The first kappa shape index (κ1) is 10.3. The third kappa shape index (κ3) is 1.91. The Morgan fingerprint density at radius 3 is 2.56 bits per heavy atom. The van der Waals surface area contributed by atoms with Crippen LogP contribution >= 0.6 is 0 Å². The van der Waals surface area contributed by atoms with Crippen molar-refractivity contribution in [1.29, 1.82) is 0 Å². The molecule has 1 aromatic heterocycles. The van der Waals surface area contributed by atoms with Gasteiger partial charge in [-0.3, -0.25) is 4.79 Å². The zero-order valence-electron chi connectivity index (χ0n) is 8.75. The van der Waals surface area contributed by atoms with E-state index >= 15 is 0 Å². The number of hydrogen-bond donors (Lipinski definition) is 0. The minimum atomic E-state index is 0.517. The van der Waals surface area contributed by atoms with Gasteiger partial charge in [0, 0.05) is 18.0 Å². The van der Waals surface area contributed by atoms with Gasteiger partial charge in [-0.15, -0.1) is 0 Å². The molecule has 0 amide bonds. The van der Waals surface area contributed by atoms with Crippen molar-refractivity contribution in [2.45, 2.75) is 0 Å². The van der Waals surface area contributed by atoms with Crippen molar-refractivity contribution >= 4 is 6.29 Å². The van der Waals surface area contributed by atoms with Gasteiger partial charge in [0.15, 0.2) is 6.29 Å². The highest BCUT2D eigenvalue weighted by Crippen LogP contribution is 2.24. The van der Waals surface area contributed by atoms with Crippen LogP contribution in [0.2, 0.25) is 0 Å². The molecule has 1 aromatic carbocycles. The van der Waals surface area contributed by atoms with Crippen LogP contribution in [-0.2, 0) is 0 Å². The van der Waals surface area contributed by atoms with E-state index in [1.165, 1.54) is 13.4 Å². The highest BCUT2D eigenvalue weighted by Gasteiger charge is 2.04. The van der Waals surface area contributed by atoms with Crippen LogP contribution in [0.1, 0.15) is 10.4 Å². The lowest BCUT2D eigenvalue weighted by atomic mass is 10.1. The van der Waals surface area contributed by atoms with Gasteiger partial charge >= 0.3 is 0 Å². The molecule has 0 spiro atoms. The van der Waals surface area contributed by atoms with E-state index < -0.39 is 0 Å². The lowest BCUT2D eigenvalue weighted by molar-refractivity contribution is 0.112. The Balaban J connectivity index is 2.48. The number of carbonyl (C=O) groups excluding carboxylic acids is 1. The monoisotopic (exact) mass is 214 g/mol. The van der Waals surface area contributed by atoms with Crippen molar-refractivity contribution in [3.63, 3.8) is 0 Å². The molecule has 0 radical (unpaired) electrons. The first-order chi connectivity index (χ1) is 7.85. The summed E-state index contributed by atoms with van der Waals surface area (Å²) in [7, 11) is 1.54. The molecule has 0 bridgehead atoms. The maximum absolute atomic E-state index is 10.9. The van der Waals surface area contributed by atoms with Gasteiger partial charge in [-0.1, -0.05) is 6.07 Å². The van der Waals surface area contributed by atoms with Crippen LogP contribution in [0.3, 0.4) is 0 Å². The Labute approximate surface area is 92.9 Å². The lowest BCUT2D eigenvalue weighted by Crippen LogP contribution is -1.91. The molecular weight excluding hydrogens is 204 g/mol. The fourth-order valence-corrected chi connectivity index (χ4v) is 1.45. The Kier molecular flexibility index (Phi) is 2.91. The standard InChI is InChI=1S/C12H10N2O2/c1-16-12-3-2-9(4-10(12)7-15)11-5-13-8-14-6-11/h2-8H,1H3. The van der Waals surface area contributed by atoms with Gasteiger partial charge in [0.2, 0.25) is 0 Å². The zero-order chi connectivity index (χ0) is 11.4. The molecule has 2 aromatic rings. The Hall–Kier alpha value is -2.23. The van der Waals surface area contributed by atoms with Gasteiger partial charge in [-0.05, 0) is 17.7 Å². The molecule has 1 heterocycles. The molecule has 80 valence electrons. The Bertz CT molecular complexity index is 498. The normalized spacial score (nSPS) is 9.81. The minimum Gasteiger partial charge on any atom is -0.496 e. The molecule has 0 atom stereocenters. The van der Waals surface area contributed by atoms with Crippen molar-refractivity contribution in [2.24, 2.45) is 0 Å². The average Bonchev–Trinajstić information content (AvgIpc) is 2.39.